The predicted molar refractivity (Wildman–Crippen MR) is 71.1 cm³/mol. The molecule has 0 aliphatic rings. The highest BCUT2D eigenvalue weighted by molar-refractivity contribution is 5.33. The van der Waals surface area contributed by atoms with Crippen molar-refractivity contribution in [3.63, 3.8) is 0 Å². The summed E-state index contributed by atoms with van der Waals surface area (Å²) in [5.74, 6) is 0.711. The average Bonchev–Trinajstić information content (AvgIpc) is 2.34. The Morgan fingerprint density at radius 1 is 1.24 bits per heavy atom. The molecule has 0 radical (unpaired) electrons. The topological polar surface area (TPSA) is 48.1 Å². The van der Waals surface area contributed by atoms with Crippen LogP contribution >= 0.6 is 0 Å². The van der Waals surface area contributed by atoms with Crippen molar-refractivity contribution in [3.8, 4) is 5.88 Å². The van der Waals surface area contributed by atoms with Crippen molar-refractivity contribution >= 4 is 0 Å². The van der Waals surface area contributed by atoms with Gasteiger partial charge in [-0.1, -0.05) is 32.6 Å². The van der Waals surface area contributed by atoms with Gasteiger partial charge in [0.1, 0.15) is 0 Å². The van der Waals surface area contributed by atoms with Crippen LogP contribution in [-0.4, -0.2) is 11.6 Å². The van der Waals surface area contributed by atoms with Gasteiger partial charge in [-0.3, -0.25) is 0 Å². The molecule has 0 unspecified atom stereocenters. The van der Waals surface area contributed by atoms with E-state index in [1.165, 1.54) is 25.7 Å². The standard InChI is InChI=1S/C14H24N2O/c1-3-4-5-6-7-10-17-14-13(11-15)12(2)8-9-16-14/h8-9H,3-7,10-11,15H2,1-2H3. The highest BCUT2D eigenvalue weighted by Crippen LogP contribution is 2.18. The van der Waals surface area contributed by atoms with Gasteiger partial charge in [0, 0.05) is 18.3 Å². The number of aryl methyl sites for hydroxylation is 1. The second kappa shape index (κ2) is 8.07. The van der Waals surface area contributed by atoms with E-state index < -0.39 is 0 Å². The Kier molecular flexibility index (Phi) is 6.63. The first-order valence-corrected chi connectivity index (χ1v) is 6.57. The lowest BCUT2D eigenvalue weighted by Crippen LogP contribution is -2.07. The minimum atomic E-state index is 0.491. The van der Waals surface area contributed by atoms with Crippen LogP contribution in [0, 0.1) is 6.92 Å². The fourth-order valence-electron chi connectivity index (χ4n) is 1.81. The lowest BCUT2D eigenvalue weighted by atomic mass is 10.1. The van der Waals surface area contributed by atoms with Crippen LogP contribution < -0.4 is 10.5 Å². The molecule has 0 aliphatic heterocycles. The van der Waals surface area contributed by atoms with Crippen molar-refractivity contribution in [2.24, 2.45) is 5.73 Å². The van der Waals surface area contributed by atoms with Crippen LogP contribution in [0.3, 0.4) is 0 Å². The van der Waals surface area contributed by atoms with Gasteiger partial charge in [-0.25, -0.2) is 4.98 Å². The van der Waals surface area contributed by atoms with Crippen molar-refractivity contribution in [2.45, 2.75) is 52.5 Å². The molecular formula is C14H24N2O. The molecule has 0 fully saturated rings. The molecule has 0 amide bonds. The molecule has 0 aliphatic carbocycles. The van der Waals surface area contributed by atoms with Gasteiger partial charge in [-0.2, -0.15) is 0 Å². The average molecular weight is 236 g/mol. The second-order valence-corrected chi connectivity index (χ2v) is 4.38. The van der Waals surface area contributed by atoms with Gasteiger partial charge in [0.05, 0.1) is 6.61 Å². The van der Waals surface area contributed by atoms with E-state index in [4.69, 9.17) is 10.5 Å². The highest BCUT2D eigenvalue weighted by atomic mass is 16.5. The fraction of sp³-hybridized carbons (Fsp3) is 0.643. The molecule has 0 saturated carbocycles. The van der Waals surface area contributed by atoms with Crippen molar-refractivity contribution in [2.75, 3.05) is 6.61 Å². The molecule has 3 heteroatoms. The number of pyridine rings is 1. The molecule has 1 aromatic heterocycles. The van der Waals surface area contributed by atoms with Crippen LogP contribution in [0.25, 0.3) is 0 Å². The number of rotatable bonds is 8. The van der Waals surface area contributed by atoms with Crippen molar-refractivity contribution in [1.82, 2.24) is 4.98 Å². The molecule has 0 spiro atoms. The summed E-state index contributed by atoms with van der Waals surface area (Å²) in [6.45, 7) is 5.50. The molecule has 0 bridgehead atoms. The zero-order chi connectivity index (χ0) is 12.5. The normalized spacial score (nSPS) is 10.5. The van der Waals surface area contributed by atoms with Crippen LogP contribution in [0.2, 0.25) is 0 Å². The summed E-state index contributed by atoms with van der Waals surface area (Å²) in [7, 11) is 0. The first kappa shape index (κ1) is 14.0. The molecule has 1 rings (SSSR count). The van der Waals surface area contributed by atoms with Crippen LogP contribution in [0.5, 0.6) is 5.88 Å². The lowest BCUT2D eigenvalue weighted by molar-refractivity contribution is 0.290. The number of nitrogens with zero attached hydrogens (tertiary/aromatic N) is 1. The van der Waals surface area contributed by atoms with Gasteiger partial charge < -0.3 is 10.5 Å². The minimum Gasteiger partial charge on any atom is -0.477 e. The molecular weight excluding hydrogens is 212 g/mol. The summed E-state index contributed by atoms with van der Waals surface area (Å²) < 4.78 is 5.70. The van der Waals surface area contributed by atoms with Crippen LogP contribution in [-0.2, 0) is 6.54 Å². The molecule has 1 aromatic rings. The zero-order valence-electron chi connectivity index (χ0n) is 11.0. The van der Waals surface area contributed by atoms with Crippen LogP contribution in [0.1, 0.15) is 50.2 Å². The lowest BCUT2D eigenvalue weighted by Gasteiger charge is -2.10. The molecule has 0 atom stereocenters. The van der Waals surface area contributed by atoms with E-state index in [-0.39, 0.29) is 0 Å². The van der Waals surface area contributed by atoms with Gasteiger partial charge in [-0.05, 0) is 25.0 Å². The molecule has 96 valence electrons. The largest absolute Gasteiger partial charge is 0.477 e. The van der Waals surface area contributed by atoms with E-state index in [0.29, 0.717) is 12.4 Å². The van der Waals surface area contributed by atoms with E-state index in [1.807, 2.05) is 13.0 Å². The van der Waals surface area contributed by atoms with Gasteiger partial charge in [-0.15, -0.1) is 0 Å². The van der Waals surface area contributed by atoms with Crippen LogP contribution in [0.4, 0.5) is 0 Å². The van der Waals surface area contributed by atoms with Gasteiger partial charge in [0.25, 0.3) is 0 Å². The third kappa shape index (κ3) is 4.73. The number of aromatic nitrogens is 1. The summed E-state index contributed by atoms with van der Waals surface area (Å²) in [5.41, 5.74) is 7.89. The number of hydrogen-bond donors (Lipinski definition) is 1. The summed E-state index contributed by atoms with van der Waals surface area (Å²) in [6, 6.07) is 1.97. The highest BCUT2D eigenvalue weighted by Gasteiger charge is 2.06. The maximum atomic E-state index is 5.70. The third-order valence-corrected chi connectivity index (χ3v) is 2.94. The van der Waals surface area contributed by atoms with Gasteiger partial charge >= 0.3 is 0 Å². The number of nitrogens with two attached hydrogens (primary N) is 1. The molecule has 2 N–H and O–H groups in total. The molecule has 17 heavy (non-hydrogen) atoms. The number of ether oxygens (including phenoxy) is 1. The number of hydrogen-bond acceptors (Lipinski definition) is 3. The Balaban J connectivity index is 2.33. The molecule has 0 aromatic carbocycles. The minimum absolute atomic E-state index is 0.491. The SMILES string of the molecule is CCCCCCCOc1nccc(C)c1CN. The Morgan fingerprint density at radius 3 is 2.71 bits per heavy atom. The summed E-state index contributed by atoms with van der Waals surface area (Å²) in [4.78, 5) is 4.24. The fourth-order valence-corrected chi connectivity index (χ4v) is 1.81. The van der Waals surface area contributed by atoms with E-state index >= 15 is 0 Å². The van der Waals surface area contributed by atoms with Crippen LogP contribution in [0.15, 0.2) is 12.3 Å². The smallest absolute Gasteiger partial charge is 0.218 e. The Morgan fingerprint density at radius 2 is 2.00 bits per heavy atom. The van der Waals surface area contributed by atoms with E-state index in [9.17, 15) is 0 Å². The summed E-state index contributed by atoms with van der Waals surface area (Å²) in [5, 5.41) is 0. The Bertz CT molecular complexity index is 326. The summed E-state index contributed by atoms with van der Waals surface area (Å²) >= 11 is 0. The first-order valence-electron chi connectivity index (χ1n) is 6.57. The first-order chi connectivity index (χ1) is 8.29. The Labute approximate surface area is 104 Å². The van der Waals surface area contributed by atoms with E-state index in [1.54, 1.807) is 6.20 Å². The third-order valence-electron chi connectivity index (χ3n) is 2.94. The predicted octanol–water partition coefficient (Wildman–Crippen LogP) is 3.20. The van der Waals surface area contributed by atoms with Crippen molar-refractivity contribution in [1.29, 1.82) is 0 Å². The molecule has 0 saturated heterocycles. The molecule has 1 heterocycles. The zero-order valence-corrected chi connectivity index (χ0v) is 11.0. The maximum Gasteiger partial charge on any atom is 0.218 e. The van der Waals surface area contributed by atoms with Crippen molar-refractivity contribution in [3.05, 3.63) is 23.4 Å². The second-order valence-electron chi connectivity index (χ2n) is 4.38. The van der Waals surface area contributed by atoms with Gasteiger partial charge in [0.2, 0.25) is 5.88 Å². The van der Waals surface area contributed by atoms with Crippen molar-refractivity contribution < 1.29 is 4.74 Å². The quantitative estimate of drug-likeness (QED) is 0.705. The number of unbranched alkanes of at least 4 members (excludes halogenated alkanes) is 4. The Hall–Kier alpha value is -1.09. The van der Waals surface area contributed by atoms with E-state index in [0.717, 1.165) is 24.2 Å². The van der Waals surface area contributed by atoms with Gasteiger partial charge in [0.15, 0.2) is 0 Å². The summed E-state index contributed by atoms with van der Waals surface area (Å²) in [6.07, 6.45) is 8.00. The van der Waals surface area contributed by atoms with E-state index in [2.05, 4.69) is 11.9 Å². The monoisotopic (exact) mass is 236 g/mol. The molecule has 3 nitrogen and oxygen atoms in total. The maximum absolute atomic E-state index is 5.70.